The van der Waals surface area contributed by atoms with Gasteiger partial charge in [0.15, 0.2) is 11.5 Å². The Hall–Kier alpha value is -3.02. The highest BCUT2D eigenvalue weighted by Gasteiger charge is 2.19. The Balaban J connectivity index is 1.88. The van der Waals surface area contributed by atoms with Gasteiger partial charge in [-0.25, -0.2) is 4.98 Å². The van der Waals surface area contributed by atoms with Crippen LogP contribution in [0.4, 0.5) is 0 Å². The molecule has 2 heterocycles. The number of hydrogen-bond acceptors (Lipinski definition) is 4. The second-order valence-electron chi connectivity index (χ2n) is 6.29. The highest BCUT2D eigenvalue weighted by Crippen LogP contribution is 2.30. The molecule has 6 heteroatoms. The van der Waals surface area contributed by atoms with Crippen LogP contribution in [-0.4, -0.2) is 29.5 Å². The van der Waals surface area contributed by atoms with Crippen LogP contribution in [0.5, 0.6) is 11.5 Å². The Bertz CT molecular complexity index is 962. The number of rotatable bonds is 5. The lowest BCUT2D eigenvalue weighted by atomic mass is 10.1. The number of nitrogens with zero attached hydrogens (tertiary/aromatic N) is 2. The van der Waals surface area contributed by atoms with Crippen molar-refractivity contribution in [3.63, 3.8) is 0 Å². The minimum absolute atomic E-state index is 0.164. The summed E-state index contributed by atoms with van der Waals surface area (Å²) in [5.41, 5.74) is 4.01. The summed E-state index contributed by atoms with van der Waals surface area (Å²) in [5, 5.41) is 3.04. The van der Waals surface area contributed by atoms with Gasteiger partial charge in [0.2, 0.25) is 0 Å². The molecule has 2 aromatic heterocycles. The second kappa shape index (κ2) is 7.07. The maximum atomic E-state index is 12.9. The Morgan fingerprint density at radius 1 is 1.12 bits per heavy atom. The molecule has 0 saturated carbocycles. The van der Waals surface area contributed by atoms with Gasteiger partial charge in [-0.2, -0.15) is 0 Å². The smallest absolute Gasteiger partial charge is 0.270 e. The van der Waals surface area contributed by atoms with Crippen molar-refractivity contribution >= 4 is 11.6 Å². The van der Waals surface area contributed by atoms with E-state index in [9.17, 15) is 4.79 Å². The lowest BCUT2D eigenvalue weighted by molar-refractivity contribution is 0.0933. The molecule has 1 aromatic carbocycles. The minimum atomic E-state index is -0.197. The summed E-state index contributed by atoms with van der Waals surface area (Å²) >= 11 is 0. The van der Waals surface area contributed by atoms with E-state index in [2.05, 4.69) is 10.3 Å². The molecule has 0 aliphatic rings. The van der Waals surface area contributed by atoms with Crippen LogP contribution in [0.2, 0.25) is 0 Å². The number of ether oxygens (including phenoxy) is 2. The van der Waals surface area contributed by atoms with Crippen LogP contribution in [0.1, 0.15) is 40.3 Å². The number of aryl methyl sites for hydroxylation is 2. The fourth-order valence-corrected chi connectivity index (χ4v) is 3.01. The van der Waals surface area contributed by atoms with Crippen molar-refractivity contribution in [1.82, 2.24) is 14.7 Å². The molecule has 3 aromatic rings. The molecule has 0 radical (unpaired) electrons. The van der Waals surface area contributed by atoms with Gasteiger partial charge < -0.3 is 14.8 Å². The molecule has 0 saturated heterocycles. The summed E-state index contributed by atoms with van der Waals surface area (Å²) in [6.07, 6.45) is 1.92. The number of carbonyl (C=O) groups excluding carboxylic acids is 1. The Kier molecular flexibility index (Phi) is 4.84. The highest BCUT2D eigenvalue weighted by atomic mass is 16.5. The number of pyridine rings is 1. The van der Waals surface area contributed by atoms with Crippen molar-refractivity contribution in [3.05, 3.63) is 59.0 Å². The van der Waals surface area contributed by atoms with E-state index < -0.39 is 0 Å². The van der Waals surface area contributed by atoms with Gasteiger partial charge in [0.05, 0.1) is 26.0 Å². The van der Waals surface area contributed by atoms with E-state index in [1.165, 1.54) is 0 Å². The molecule has 1 N–H and O–H groups in total. The third kappa shape index (κ3) is 3.22. The fourth-order valence-electron chi connectivity index (χ4n) is 3.01. The van der Waals surface area contributed by atoms with Gasteiger partial charge >= 0.3 is 0 Å². The fraction of sp³-hybridized carbons (Fsp3) is 0.300. The van der Waals surface area contributed by atoms with Crippen LogP contribution < -0.4 is 14.8 Å². The number of nitrogens with one attached hydrogen (secondary N) is 1. The van der Waals surface area contributed by atoms with E-state index >= 15 is 0 Å². The maximum absolute atomic E-state index is 12.9. The summed E-state index contributed by atoms with van der Waals surface area (Å²) in [5.74, 6) is 1.12. The number of hydrogen-bond donors (Lipinski definition) is 1. The van der Waals surface area contributed by atoms with E-state index in [4.69, 9.17) is 9.47 Å². The van der Waals surface area contributed by atoms with Crippen molar-refractivity contribution in [2.45, 2.75) is 26.8 Å². The van der Waals surface area contributed by atoms with Gasteiger partial charge in [0, 0.05) is 6.20 Å². The first-order valence-corrected chi connectivity index (χ1v) is 8.42. The standard InChI is InChI=1S/C20H23N3O3/c1-12-6-9-18-21-14(3)19(23(18)11-12)20(24)22-13(2)15-7-8-16(25-4)17(10-15)26-5/h6-11,13H,1-5H3,(H,22,24)/t13-/m0/s1. The summed E-state index contributed by atoms with van der Waals surface area (Å²) < 4.78 is 12.4. The van der Waals surface area contributed by atoms with Crippen molar-refractivity contribution < 1.29 is 14.3 Å². The van der Waals surface area contributed by atoms with Crippen molar-refractivity contribution in [3.8, 4) is 11.5 Å². The lowest BCUT2D eigenvalue weighted by Gasteiger charge is -2.17. The van der Waals surface area contributed by atoms with E-state index in [0.29, 0.717) is 22.9 Å². The highest BCUT2D eigenvalue weighted by molar-refractivity contribution is 5.95. The van der Waals surface area contributed by atoms with Crippen LogP contribution in [0, 0.1) is 13.8 Å². The Labute approximate surface area is 152 Å². The third-order valence-corrected chi connectivity index (χ3v) is 4.41. The van der Waals surface area contributed by atoms with Crippen LogP contribution >= 0.6 is 0 Å². The van der Waals surface area contributed by atoms with Crippen molar-refractivity contribution in [1.29, 1.82) is 0 Å². The van der Waals surface area contributed by atoms with Gasteiger partial charge in [0.1, 0.15) is 11.3 Å². The number of carbonyl (C=O) groups is 1. The SMILES string of the molecule is COc1ccc([C@H](C)NC(=O)c2c(C)nc3ccc(C)cn23)cc1OC. The predicted molar refractivity (Wildman–Crippen MR) is 100 cm³/mol. The molecule has 3 rings (SSSR count). The molecule has 0 fully saturated rings. The predicted octanol–water partition coefficient (Wildman–Crippen LogP) is 3.46. The number of methoxy groups -OCH3 is 2. The number of benzene rings is 1. The molecular weight excluding hydrogens is 330 g/mol. The van der Waals surface area contributed by atoms with Crippen LogP contribution in [0.15, 0.2) is 36.5 Å². The molecule has 0 aliphatic heterocycles. The molecule has 6 nitrogen and oxygen atoms in total. The Morgan fingerprint density at radius 3 is 2.54 bits per heavy atom. The van der Waals surface area contributed by atoms with Crippen LogP contribution in [0.3, 0.4) is 0 Å². The minimum Gasteiger partial charge on any atom is -0.493 e. The number of amides is 1. The van der Waals surface area contributed by atoms with Crippen molar-refractivity contribution in [2.75, 3.05) is 14.2 Å². The number of fused-ring (bicyclic) bond motifs is 1. The Morgan fingerprint density at radius 2 is 1.85 bits per heavy atom. The first-order chi connectivity index (χ1) is 12.4. The number of aromatic nitrogens is 2. The average molecular weight is 353 g/mol. The monoisotopic (exact) mass is 353 g/mol. The zero-order valence-corrected chi connectivity index (χ0v) is 15.7. The van der Waals surface area contributed by atoms with Gasteiger partial charge in [-0.15, -0.1) is 0 Å². The van der Waals surface area contributed by atoms with Crippen LogP contribution in [-0.2, 0) is 0 Å². The van der Waals surface area contributed by atoms with Crippen molar-refractivity contribution in [2.24, 2.45) is 0 Å². The maximum Gasteiger partial charge on any atom is 0.270 e. The largest absolute Gasteiger partial charge is 0.493 e. The van der Waals surface area contributed by atoms with E-state index in [1.807, 2.05) is 61.7 Å². The van der Waals surface area contributed by atoms with Gasteiger partial charge in [-0.1, -0.05) is 12.1 Å². The molecule has 1 atom stereocenters. The van der Waals surface area contributed by atoms with Gasteiger partial charge in [0.25, 0.3) is 5.91 Å². The molecule has 0 unspecified atom stereocenters. The summed E-state index contributed by atoms with van der Waals surface area (Å²) in [6.45, 7) is 5.77. The summed E-state index contributed by atoms with van der Waals surface area (Å²) in [7, 11) is 3.19. The molecular formula is C20H23N3O3. The molecule has 0 aliphatic carbocycles. The van der Waals surface area contributed by atoms with Crippen LogP contribution in [0.25, 0.3) is 5.65 Å². The molecule has 0 bridgehead atoms. The first-order valence-electron chi connectivity index (χ1n) is 8.42. The zero-order valence-electron chi connectivity index (χ0n) is 15.7. The molecule has 136 valence electrons. The average Bonchev–Trinajstić information content (AvgIpc) is 2.95. The van der Waals surface area contributed by atoms with E-state index in [1.54, 1.807) is 14.2 Å². The zero-order chi connectivity index (χ0) is 18.8. The number of imidazole rings is 1. The summed E-state index contributed by atoms with van der Waals surface area (Å²) in [6, 6.07) is 9.32. The molecule has 0 spiro atoms. The quantitative estimate of drug-likeness (QED) is 0.763. The molecule has 1 amide bonds. The normalized spacial score (nSPS) is 12.0. The van der Waals surface area contributed by atoms with E-state index in [0.717, 1.165) is 16.8 Å². The topological polar surface area (TPSA) is 64.9 Å². The molecule has 26 heavy (non-hydrogen) atoms. The lowest BCUT2D eigenvalue weighted by Crippen LogP contribution is -2.28. The first kappa shape index (κ1) is 17.8. The van der Waals surface area contributed by atoms with E-state index in [-0.39, 0.29) is 11.9 Å². The van der Waals surface area contributed by atoms with Gasteiger partial charge in [-0.3, -0.25) is 9.20 Å². The summed E-state index contributed by atoms with van der Waals surface area (Å²) in [4.78, 5) is 17.4. The third-order valence-electron chi connectivity index (χ3n) is 4.41. The second-order valence-corrected chi connectivity index (χ2v) is 6.29. The van der Waals surface area contributed by atoms with Gasteiger partial charge in [-0.05, 0) is 50.1 Å².